The average molecular weight is 314 g/mol. The number of ether oxygens (including phenoxy) is 1. The van der Waals surface area contributed by atoms with Crippen LogP contribution in [0.4, 0.5) is 0 Å². The van der Waals surface area contributed by atoms with Gasteiger partial charge in [0.1, 0.15) is 5.75 Å². The van der Waals surface area contributed by atoms with Gasteiger partial charge in [-0.1, -0.05) is 24.6 Å². The van der Waals surface area contributed by atoms with E-state index in [2.05, 4.69) is 30.8 Å². The summed E-state index contributed by atoms with van der Waals surface area (Å²) < 4.78 is 5.49. The van der Waals surface area contributed by atoms with Crippen LogP contribution in [-0.2, 0) is 0 Å². The van der Waals surface area contributed by atoms with Gasteiger partial charge in [-0.25, -0.2) is 0 Å². The summed E-state index contributed by atoms with van der Waals surface area (Å²) in [5.74, 6) is 0.809. The van der Waals surface area contributed by atoms with E-state index in [9.17, 15) is 0 Å². The Labute approximate surface area is 133 Å². The first-order chi connectivity index (χ1) is 10.0. The van der Waals surface area contributed by atoms with Crippen LogP contribution in [-0.4, -0.2) is 57.2 Å². The van der Waals surface area contributed by atoms with Gasteiger partial charge >= 0.3 is 0 Å². The first kappa shape index (κ1) is 18.2. The van der Waals surface area contributed by atoms with Crippen LogP contribution >= 0.6 is 11.6 Å². The van der Waals surface area contributed by atoms with Gasteiger partial charge in [0, 0.05) is 30.2 Å². The lowest BCUT2D eigenvalue weighted by atomic mass is 10.0. The van der Waals surface area contributed by atoms with Crippen molar-refractivity contribution < 1.29 is 4.74 Å². The van der Waals surface area contributed by atoms with Gasteiger partial charge in [0.15, 0.2) is 0 Å². The van der Waals surface area contributed by atoms with Crippen LogP contribution in [0.1, 0.15) is 24.9 Å². The van der Waals surface area contributed by atoms with E-state index >= 15 is 0 Å². The summed E-state index contributed by atoms with van der Waals surface area (Å²) in [6.45, 7) is 5.64. The monoisotopic (exact) mass is 313 g/mol. The van der Waals surface area contributed by atoms with Crippen molar-refractivity contribution in [1.82, 2.24) is 9.80 Å². The van der Waals surface area contributed by atoms with Crippen molar-refractivity contribution in [3.8, 4) is 5.75 Å². The maximum absolute atomic E-state index is 6.42. The molecule has 120 valence electrons. The van der Waals surface area contributed by atoms with Crippen molar-refractivity contribution in [3.05, 3.63) is 28.8 Å². The summed E-state index contributed by atoms with van der Waals surface area (Å²) in [4.78, 5) is 4.57. The van der Waals surface area contributed by atoms with Crippen molar-refractivity contribution >= 4 is 11.6 Å². The molecule has 4 nitrogen and oxygen atoms in total. The quantitative estimate of drug-likeness (QED) is 0.761. The Kier molecular flexibility index (Phi) is 8.04. The standard InChI is InChI=1S/C16H28ClN3O/c1-5-9-20(11-10-19(2)3)14(12-18)16-13(17)7-6-8-15(16)21-4/h6-8,14H,5,9-12,18H2,1-4H3. The van der Waals surface area contributed by atoms with Crippen LogP contribution < -0.4 is 10.5 Å². The predicted molar refractivity (Wildman–Crippen MR) is 90.2 cm³/mol. The summed E-state index contributed by atoms with van der Waals surface area (Å²) in [7, 11) is 5.84. The van der Waals surface area contributed by atoms with Gasteiger partial charge in [0.05, 0.1) is 13.2 Å². The number of hydrogen-bond acceptors (Lipinski definition) is 4. The van der Waals surface area contributed by atoms with Crippen molar-refractivity contribution in [2.45, 2.75) is 19.4 Å². The summed E-state index contributed by atoms with van der Waals surface area (Å²) in [6, 6.07) is 5.83. The van der Waals surface area contributed by atoms with Crippen molar-refractivity contribution in [1.29, 1.82) is 0 Å². The minimum atomic E-state index is 0.0774. The number of benzene rings is 1. The Hall–Kier alpha value is -0.810. The van der Waals surface area contributed by atoms with E-state index < -0.39 is 0 Å². The maximum atomic E-state index is 6.42. The van der Waals surface area contributed by atoms with Crippen LogP contribution in [0.25, 0.3) is 0 Å². The molecule has 1 aromatic rings. The molecule has 1 unspecified atom stereocenters. The van der Waals surface area contributed by atoms with Gasteiger partial charge in [-0.15, -0.1) is 0 Å². The number of likely N-dealkylation sites (N-methyl/N-ethyl adjacent to an activating group) is 1. The molecular weight excluding hydrogens is 286 g/mol. The highest BCUT2D eigenvalue weighted by Crippen LogP contribution is 2.34. The SMILES string of the molecule is CCCN(CCN(C)C)C(CN)c1c(Cl)cccc1OC. The summed E-state index contributed by atoms with van der Waals surface area (Å²) >= 11 is 6.42. The van der Waals surface area contributed by atoms with Crippen molar-refractivity contribution in [2.75, 3.05) is 47.4 Å². The second-order valence-corrected chi connectivity index (χ2v) is 5.85. The molecule has 0 aliphatic rings. The molecule has 0 saturated carbocycles. The zero-order chi connectivity index (χ0) is 15.8. The fourth-order valence-electron chi connectivity index (χ4n) is 2.51. The molecule has 0 aliphatic heterocycles. The smallest absolute Gasteiger partial charge is 0.125 e. The second kappa shape index (κ2) is 9.26. The second-order valence-electron chi connectivity index (χ2n) is 5.45. The number of halogens is 1. The molecule has 0 saturated heterocycles. The third kappa shape index (κ3) is 5.15. The molecule has 0 amide bonds. The predicted octanol–water partition coefficient (Wildman–Crippen LogP) is 2.62. The molecular formula is C16H28ClN3O. The van der Waals surface area contributed by atoms with E-state index in [4.69, 9.17) is 22.1 Å². The summed E-state index contributed by atoms with van der Waals surface area (Å²) in [6.07, 6.45) is 1.08. The van der Waals surface area contributed by atoms with Crippen LogP contribution in [0, 0.1) is 0 Å². The molecule has 0 aliphatic carbocycles. The molecule has 0 aromatic heterocycles. The third-order valence-electron chi connectivity index (χ3n) is 3.58. The van der Waals surface area contributed by atoms with E-state index in [0.29, 0.717) is 6.54 Å². The molecule has 1 atom stereocenters. The van der Waals surface area contributed by atoms with E-state index in [0.717, 1.165) is 42.4 Å². The lowest BCUT2D eigenvalue weighted by molar-refractivity contribution is 0.180. The third-order valence-corrected chi connectivity index (χ3v) is 3.90. The van der Waals surface area contributed by atoms with Crippen molar-refractivity contribution in [2.24, 2.45) is 5.73 Å². The minimum absolute atomic E-state index is 0.0774. The van der Waals surface area contributed by atoms with Crippen LogP contribution in [0.3, 0.4) is 0 Å². The van der Waals surface area contributed by atoms with Crippen molar-refractivity contribution in [3.63, 3.8) is 0 Å². The Morgan fingerprint density at radius 1 is 1.24 bits per heavy atom. The minimum Gasteiger partial charge on any atom is -0.496 e. The highest BCUT2D eigenvalue weighted by molar-refractivity contribution is 6.31. The normalized spacial score (nSPS) is 13.0. The topological polar surface area (TPSA) is 41.7 Å². The number of nitrogens with two attached hydrogens (primary N) is 1. The Bertz CT molecular complexity index is 426. The van der Waals surface area contributed by atoms with E-state index in [1.54, 1.807) is 7.11 Å². The fraction of sp³-hybridized carbons (Fsp3) is 0.625. The number of rotatable bonds is 9. The van der Waals surface area contributed by atoms with E-state index in [1.165, 1.54) is 0 Å². The first-order valence-corrected chi connectivity index (χ1v) is 7.84. The lowest BCUT2D eigenvalue weighted by Crippen LogP contribution is -2.39. The summed E-state index contributed by atoms with van der Waals surface area (Å²) in [5.41, 5.74) is 7.06. The van der Waals surface area contributed by atoms with Gasteiger partial charge in [-0.3, -0.25) is 4.90 Å². The number of hydrogen-bond donors (Lipinski definition) is 1. The van der Waals surface area contributed by atoms with E-state index in [-0.39, 0.29) is 6.04 Å². The Morgan fingerprint density at radius 3 is 2.48 bits per heavy atom. The molecule has 2 N–H and O–H groups in total. The van der Waals surface area contributed by atoms with Gasteiger partial charge in [0.25, 0.3) is 0 Å². The van der Waals surface area contributed by atoms with Gasteiger partial charge < -0.3 is 15.4 Å². The highest BCUT2D eigenvalue weighted by atomic mass is 35.5. The molecule has 0 bridgehead atoms. The molecule has 21 heavy (non-hydrogen) atoms. The number of nitrogens with zero attached hydrogens (tertiary/aromatic N) is 2. The van der Waals surface area contributed by atoms with E-state index in [1.807, 2.05) is 18.2 Å². The molecule has 0 fully saturated rings. The molecule has 5 heteroatoms. The lowest BCUT2D eigenvalue weighted by Gasteiger charge is -2.33. The first-order valence-electron chi connectivity index (χ1n) is 7.46. The number of methoxy groups -OCH3 is 1. The molecule has 1 rings (SSSR count). The fourth-order valence-corrected chi connectivity index (χ4v) is 2.80. The van der Waals surface area contributed by atoms with Crippen LogP contribution in [0.2, 0.25) is 5.02 Å². The average Bonchev–Trinajstić information content (AvgIpc) is 2.46. The molecule has 0 spiro atoms. The molecule has 1 aromatic carbocycles. The zero-order valence-electron chi connectivity index (χ0n) is 13.6. The van der Waals surface area contributed by atoms with Gasteiger partial charge in [0.2, 0.25) is 0 Å². The van der Waals surface area contributed by atoms with Gasteiger partial charge in [-0.05, 0) is 39.2 Å². The van der Waals surface area contributed by atoms with Crippen LogP contribution in [0.15, 0.2) is 18.2 Å². The zero-order valence-corrected chi connectivity index (χ0v) is 14.4. The summed E-state index contributed by atoms with van der Waals surface area (Å²) in [5, 5.41) is 0.718. The Balaban J connectivity index is 3.07. The highest BCUT2D eigenvalue weighted by Gasteiger charge is 2.24. The largest absolute Gasteiger partial charge is 0.496 e. The molecule has 0 radical (unpaired) electrons. The Morgan fingerprint density at radius 2 is 1.95 bits per heavy atom. The molecule has 0 heterocycles. The maximum Gasteiger partial charge on any atom is 0.125 e. The van der Waals surface area contributed by atoms with Gasteiger partial charge in [-0.2, -0.15) is 0 Å². The van der Waals surface area contributed by atoms with Crippen LogP contribution in [0.5, 0.6) is 5.75 Å².